The Bertz CT molecular complexity index is 222. The van der Waals surface area contributed by atoms with Crippen LogP contribution in [0.4, 0.5) is 0 Å². The third kappa shape index (κ3) is 6.06. The maximum Gasteiger partial charge on any atom is 0.311 e. The van der Waals surface area contributed by atoms with Gasteiger partial charge in [0.2, 0.25) is 0 Å². The normalized spacial score (nSPS) is 11.1. The van der Waals surface area contributed by atoms with Crippen molar-refractivity contribution in [2.24, 2.45) is 5.41 Å². The maximum absolute atomic E-state index is 11.4. The number of aliphatic carboxylic acids is 1. The van der Waals surface area contributed by atoms with Gasteiger partial charge in [-0.25, -0.2) is 0 Å². The van der Waals surface area contributed by atoms with Crippen LogP contribution in [0.3, 0.4) is 0 Å². The van der Waals surface area contributed by atoms with E-state index < -0.39 is 17.4 Å². The molecule has 0 unspecified atom stereocenters. The highest BCUT2D eigenvalue weighted by Crippen LogP contribution is 2.24. The predicted octanol–water partition coefficient (Wildman–Crippen LogP) is 0.803. The SMILES string of the molecule is CC(C)(CCCC(=O)O)C(=O)OCCO. The molecule has 0 amide bonds. The minimum Gasteiger partial charge on any atom is -0.481 e. The molecule has 0 heterocycles. The molecule has 2 N–H and O–H groups in total. The first kappa shape index (κ1) is 13.9. The van der Waals surface area contributed by atoms with Gasteiger partial charge >= 0.3 is 11.9 Å². The summed E-state index contributed by atoms with van der Waals surface area (Å²) in [6.45, 7) is 3.20. The van der Waals surface area contributed by atoms with Gasteiger partial charge < -0.3 is 14.9 Å². The van der Waals surface area contributed by atoms with E-state index in [1.165, 1.54) is 0 Å². The molecular formula is C10H18O5. The predicted molar refractivity (Wildman–Crippen MR) is 53.3 cm³/mol. The third-order valence-electron chi connectivity index (χ3n) is 2.07. The lowest BCUT2D eigenvalue weighted by Gasteiger charge is -2.21. The van der Waals surface area contributed by atoms with Gasteiger partial charge in [-0.3, -0.25) is 9.59 Å². The second kappa shape index (κ2) is 6.40. The van der Waals surface area contributed by atoms with Crippen LogP contribution in [0.1, 0.15) is 33.1 Å². The van der Waals surface area contributed by atoms with Gasteiger partial charge in [-0.15, -0.1) is 0 Å². The van der Waals surface area contributed by atoms with E-state index in [9.17, 15) is 9.59 Å². The summed E-state index contributed by atoms with van der Waals surface area (Å²) in [5.74, 6) is -1.27. The van der Waals surface area contributed by atoms with Crippen LogP contribution in [0, 0.1) is 5.41 Å². The summed E-state index contributed by atoms with van der Waals surface area (Å²) < 4.78 is 4.78. The van der Waals surface area contributed by atoms with Crippen molar-refractivity contribution in [1.29, 1.82) is 0 Å². The Morgan fingerprint density at radius 3 is 2.40 bits per heavy atom. The molecule has 0 aromatic rings. The number of carboxylic acid groups (broad SMARTS) is 1. The molecule has 0 spiro atoms. The smallest absolute Gasteiger partial charge is 0.311 e. The number of esters is 1. The molecule has 5 nitrogen and oxygen atoms in total. The van der Waals surface area contributed by atoms with Crippen LogP contribution in [-0.4, -0.2) is 35.4 Å². The van der Waals surface area contributed by atoms with Crippen molar-refractivity contribution in [1.82, 2.24) is 0 Å². The fourth-order valence-electron chi connectivity index (χ4n) is 1.12. The summed E-state index contributed by atoms with van der Waals surface area (Å²) in [6.07, 6.45) is 0.955. The van der Waals surface area contributed by atoms with Crippen LogP contribution in [0.25, 0.3) is 0 Å². The Labute approximate surface area is 89.0 Å². The molecule has 0 saturated carbocycles. The van der Waals surface area contributed by atoms with Gasteiger partial charge in [-0.2, -0.15) is 0 Å². The molecule has 15 heavy (non-hydrogen) atoms. The Morgan fingerprint density at radius 1 is 1.33 bits per heavy atom. The van der Waals surface area contributed by atoms with Crippen molar-refractivity contribution < 1.29 is 24.5 Å². The summed E-state index contributed by atoms with van der Waals surface area (Å²) in [6, 6.07) is 0. The topological polar surface area (TPSA) is 83.8 Å². The minimum atomic E-state index is -0.866. The zero-order valence-corrected chi connectivity index (χ0v) is 9.15. The van der Waals surface area contributed by atoms with E-state index in [2.05, 4.69) is 0 Å². The van der Waals surface area contributed by atoms with Gasteiger partial charge in [0.05, 0.1) is 12.0 Å². The summed E-state index contributed by atoms with van der Waals surface area (Å²) in [5, 5.41) is 16.9. The summed E-state index contributed by atoms with van der Waals surface area (Å²) in [5.41, 5.74) is -0.690. The summed E-state index contributed by atoms with van der Waals surface area (Å²) in [4.78, 5) is 21.7. The van der Waals surface area contributed by atoms with Crippen LogP contribution in [0.15, 0.2) is 0 Å². The quantitative estimate of drug-likeness (QED) is 0.617. The standard InChI is InChI=1S/C10H18O5/c1-10(2,5-3-4-8(12)13)9(14)15-7-6-11/h11H,3-7H2,1-2H3,(H,12,13). The number of rotatable bonds is 7. The van der Waals surface area contributed by atoms with Gasteiger partial charge in [0.1, 0.15) is 6.61 Å². The highest BCUT2D eigenvalue weighted by molar-refractivity contribution is 5.76. The van der Waals surface area contributed by atoms with E-state index in [0.29, 0.717) is 12.8 Å². The first-order valence-corrected chi connectivity index (χ1v) is 4.90. The zero-order chi connectivity index (χ0) is 11.9. The van der Waals surface area contributed by atoms with Crippen LogP contribution in [-0.2, 0) is 14.3 Å². The number of carboxylic acids is 1. The molecule has 0 aliphatic rings. The molecule has 0 aliphatic carbocycles. The first-order chi connectivity index (χ1) is 6.90. The van der Waals surface area contributed by atoms with Crippen LogP contribution < -0.4 is 0 Å². The Hall–Kier alpha value is -1.10. The largest absolute Gasteiger partial charge is 0.481 e. The fourth-order valence-corrected chi connectivity index (χ4v) is 1.12. The van der Waals surface area contributed by atoms with Crippen LogP contribution >= 0.6 is 0 Å². The Morgan fingerprint density at radius 2 is 1.93 bits per heavy atom. The van der Waals surface area contributed by atoms with Crippen molar-refractivity contribution in [2.45, 2.75) is 33.1 Å². The van der Waals surface area contributed by atoms with Crippen molar-refractivity contribution in [3.05, 3.63) is 0 Å². The lowest BCUT2D eigenvalue weighted by atomic mass is 9.87. The Kier molecular flexibility index (Phi) is 5.93. The highest BCUT2D eigenvalue weighted by Gasteiger charge is 2.28. The average molecular weight is 218 g/mol. The van der Waals surface area contributed by atoms with Gasteiger partial charge in [0.25, 0.3) is 0 Å². The summed E-state index contributed by atoms with van der Waals surface area (Å²) >= 11 is 0. The van der Waals surface area contributed by atoms with E-state index in [-0.39, 0.29) is 19.6 Å². The molecule has 0 aliphatic heterocycles. The number of hydrogen-bond acceptors (Lipinski definition) is 4. The number of hydrogen-bond donors (Lipinski definition) is 2. The molecule has 5 heteroatoms. The number of ether oxygens (including phenoxy) is 1. The number of aliphatic hydroxyl groups is 1. The molecule has 0 rings (SSSR count). The van der Waals surface area contributed by atoms with Crippen molar-refractivity contribution in [3.63, 3.8) is 0 Å². The number of aliphatic hydroxyl groups excluding tert-OH is 1. The third-order valence-corrected chi connectivity index (χ3v) is 2.07. The monoisotopic (exact) mass is 218 g/mol. The molecule has 0 aromatic heterocycles. The van der Waals surface area contributed by atoms with E-state index in [4.69, 9.17) is 14.9 Å². The molecule has 0 atom stereocenters. The van der Waals surface area contributed by atoms with Crippen LogP contribution in [0.2, 0.25) is 0 Å². The lowest BCUT2D eigenvalue weighted by molar-refractivity contribution is -0.155. The second-order valence-corrected chi connectivity index (χ2v) is 3.99. The molecular weight excluding hydrogens is 200 g/mol. The summed E-state index contributed by atoms with van der Waals surface area (Å²) in [7, 11) is 0. The zero-order valence-electron chi connectivity index (χ0n) is 9.15. The molecule has 0 radical (unpaired) electrons. The second-order valence-electron chi connectivity index (χ2n) is 3.99. The minimum absolute atomic E-state index is 0.0127. The average Bonchev–Trinajstić information content (AvgIpc) is 2.13. The van der Waals surface area contributed by atoms with Crippen molar-refractivity contribution in [2.75, 3.05) is 13.2 Å². The van der Waals surface area contributed by atoms with E-state index in [1.807, 2.05) is 0 Å². The first-order valence-electron chi connectivity index (χ1n) is 4.90. The molecule has 0 aromatic carbocycles. The number of carbonyl (C=O) groups is 2. The van der Waals surface area contributed by atoms with Crippen molar-refractivity contribution >= 4 is 11.9 Å². The molecule has 0 saturated heterocycles. The van der Waals surface area contributed by atoms with Gasteiger partial charge in [-0.1, -0.05) is 0 Å². The van der Waals surface area contributed by atoms with Crippen molar-refractivity contribution in [3.8, 4) is 0 Å². The lowest BCUT2D eigenvalue weighted by Crippen LogP contribution is -2.27. The highest BCUT2D eigenvalue weighted by atomic mass is 16.5. The number of carbonyl (C=O) groups excluding carboxylic acids is 1. The van der Waals surface area contributed by atoms with Gasteiger partial charge in [0.15, 0.2) is 0 Å². The fraction of sp³-hybridized carbons (Fsp3) is 0.800. The van der Waals surface area contributed by atoms with Crippen LogP contribution in [0.5, 0.6) is 0 Å². The molecule has 0 fully saturated rings. The maximum atomic E-state index is 11.4. The van der Waals surface area contributed by atoms with Gasteiger partial charge in [-0.05, 0) is 26.7 Å². The Balaban J connectivity index is 3.93. The van der Waals surface area contributed by atoms with Gasteiger partial charge in [0, 0.05) is 6.42 Å². The molecule has 0 bridgehead atoms. The van der Waals surface area contributed by atoms with E-state index in [1.54, 1.807) is 13.8 Å². The molecule has 88 valence electrons. The van der Waals surface area contributed by atoms with E-state index in [0.717, 1.165) is 0 Å². The van der Waals surface area contributed by atoms with E-state index >= 15 is 0 Å².